The number of rotatable bonds is 2. The third-order valence-corrected chi connectivity index (χ3v) is 2.79. The zero-order chi connectivity index (χ0) is 10.7. The Labute approximate surface area is 97.1 Å². The lowest BCUT2D eigenvalue weighted by atomic mass is 10.1. The number of hydrogen-bond acceptors (Lipinski definition) is 1. The number of carbonyl (C=O) groups is 1. The van der Waals surface area contributed by atoms with Gasteiger partial charge in [-0.1, -0.05) is 34.8 Å². The van der Waals surface area contributed by atoms with E-state index in [0.29, 0.717) is 20.6 Å². The Kier molecular flexibility index (Phi) is 4.05. The van der Waals surface area contributed by atoms with Gasteiger partial charge in [0.2, 0.25) is 5.91 Å². The molecule has 0 aliphatic rings. The van der Waals surface area contributed by atoms with Crippen molar-refractivity contribution in [3.8, 4) is 0 Å². The number of likely N-dealkylation sites (N-methyl/N-ethyl adjacent to an activating group) is 1. The van der Waals surface area contributed by atoms with Crippen LogP contribution in [0.2, 0.25) is 15.1 Å². The van der Waals surface area contributed by atoms with Crippen molar-refractivity contribution in [2.24, 2.45) is 0 Å². The topological polar surface area (TPSA) is 29.1 Å². The van der Waals surface area contributed by atoms with E-state index in [1.807, 2.05) is 0 Å². The molecule has 0 aliphatic heterocycles. The van der Waals surface area contributed by atoms with Gasteiger partial charge in [0.15, 0.2) is 0 Å². The molecule has 0 radical (unpaired) electrons. The van der Waals surface area contributed by atoms with Crippen LogP contribution in [0.3, 0.4) is 0 Å². The monoisotopic (exact) mass is 251 g/mol. The molecule has 1 rings (SSSR count). The molecule has 2 nitrogen and oxygen atoms in total. The van der Waals surface area contributed by atoms with Crippen LogP contribution in [0.15, 0.2) is 12.1 Å². The summed E-state index contributed by atoms with van der Waals surface area (Å²) in [6.07, 6.45) is 0.201. The SMILES string of the molecule is CNC(=O)Cc1cc(Cl)c(Cl)cc1Cl. The van der Waals surface area contributed by atoms with Gasteiger partial charge in [-0.3, -0.25) is 4.79 Å². The Morgan fingerprint density at radius 2 is 1.79 bits per heavy atom. The van der Waals surface area contributed by atoms with Gasteiger partial charge in [-0.25, -0.2) is 0 Å². The molecule has 0 fully saturated rings. The normalized spacial score (nSPS) is 10.0. The molecule has 1 amide bonds. The van der Waals surface area contributed by atoms with Crippen molar-refractivity contribution < 1.29 is 4.79 Å². The molecule has 0 saturated heterocycles. The summed E-state index contributed by atoms with van der Waals surface area (Å²) in [7, 11) is 1.56. The first-order valence-electron chi connectivity index (χ1n) is 3.88. The summed E-state index contributed by atoms with van der Waals surface area (Å²) in [5.74, 6) is -0.120. The second kappa shape index (κ2) is 4.87. The lowest BCUT2D eigenvalue weighted by molar-refractivity contribution is -0.119. The molecule has 0 unspecified atom stereocenters. The summed E-state index contributed by atoms with van der Waals surface area (Å²) in [6.45, 7) is 0. The summed E-state index contributed by atoms with van der Waals surface area (Å²) < 4.78 is 0. The molecule has 0 aromatic heterocycles. The number of benzene rings is 1. The number of amides is 1. The fourth-order valence-electron chi connectivity index (χ4n) is 0.961. The van der Waals surface area contributed by atoms with Crippen molar-refractivity contribution in [3.05, 3.63) is 32.8 Å². The molecule has 76 valence electrons. The van der Waals surface area contributed by atoms with Gasteiger partial charge >= 0.3 is 0 Å². The van der Waals surface area contributed by atoms with Gasteiger partial charge in [0, 0.05) is 12.1 Å². The van der Waals surface area contributed by atoms with Gasteiger partial charge in [0.05, 0.1) is 16.5 Å². The molecule has 0 aliphatic carbocycles. The lowest BCUT2D eigenvalue weighted by Gasteiger charge is -2.05. The van der Waals surface area contributed by atoms with Crippen LogP contribution in [0.25, 0.3) is 0 Å². The molecule has 5 heteroatoms. The minimum absolute atomic E-state index is 0.120. The molecule has 0 heterocycles. The number of hydrogen-bond donors (Lipinski definition) is 1. The van der Waals surface area contributed by atoms with E-state index in [-0.39, 0.29) is 12.3 Å². The minimum Gasteiger partial charge on any atom is -0.359 e. The third-order valence-electron chi connectivity index (χ3n) is 1.72. The van der Waals surface area contributed by atoms with Gasteiger partial charge in [-0.05, 0) is 17.7 Å². The highest BCUT2D eigenvalue weighted by molar-refractivity contribution is 6.43. The van der Waals surface area contributed by atoms with E-state index in [1.54, 1.807) is 13.1 Å². The largest absolute Gasteiger partial charge is 0.359 e. The van der Waals surface area contributed by atoms with Crippen LogP contribution in [0.5, 0.6) is 0 Å². The Morgan fingerprint density at radius 1 is 1.21 bits per heavy atom. The van der Waals surface area contributed by atoms with Gasteiger partial charge in [-0.15, -0.1) is 0 Å². The van der Waals surface area contributed by atoms with Crippen LogP contribution < -0.4 is 5.32 Å². The molecule has 14 heavy (non-hydrogen) atoms. The summed E-state index contributed by atoms with van der Waals surface area (Å²) in [5.41, 5.74) is 0.667. The number of halogens is 3. The Balaban J connectivity index is 2.98. The van der Waals surface area contributed by atoms with Crippen LogP contribution >= 0.6 is 34.8 Å². The second-order valence-electron chi connectivity index (χ2n) is 2.71. The summed E-state index contributed by atoms with van der Waals surface area (Å²) in [6, 6.07) is 3.13. The number of nitrogens with one attached hydrogen (secondary N) is 1. The van der Waals surface area contributed by atoms with Crippen molar-refractivity contribution in [2.45, 2.75) is 6.42 Å². The van der Waals surface area contributed by atoms with E-state index < -0.39 is 0 Å². The second-order valence-corrected chi connectivity index (χ2v) is 3.93. The smallest absolute Gasteiger partial charge is 0.224 e. The highest BCUT2D eigenvalue weighted by Crippen LogP contribution is 2.29. The van der Waals surface area contributed by atoms with Crippen molar-refractivity contribution in [2.75, 3.05) is 7.05 Å². The average Bonchev–Trinajstić information content (AvgIpc) is 2.14. The van der Waals surface area contributed by atoms with Crippen LogP contribution in [-0.4, -0.2) is 13.0 Å². The van der Waals surface area contributed by atoms with Gasteiger partial charge in [0.1, 0.15) is 0 Å². The van der Waals surface area contributed by atoms with Gasteiger partial charge < -0.3 is 5.32 Å². The fourth-order valence-corrected chi connectivity index (χ4v) is 1.60. The van der Waals surface area contributed by atoms with Gasteiger partial charge in [-0.2, -0.15) is 0 Å². The molecule has 0 spiro atoms. The van der Waals surface area contributed by atoms with Crippen molar-refractivity contribution in [3.63, 3.8) is 0 Å². The maximum absolute atomic E-state index is 11.1. The highest BCUT2D eigenvalue weighted by Gasteiger charge is 2.08. The van der Waals surface area contributed by atoms with Crippen molar-refractivity contribution >= 4 is 40.7 Å². The fraction of sp³-hybridized carbons (Fsp3) is 0.222. The molecule has 0 saturated carbocycles. The Hall–Kier alpha value is -0.440. The van der Waals surface area contributed by atoms with Crippen LogP contribution in [0.1, 0.15) is 5.56 Å². The zero-order valence-corrected chi connectivity index (χ0v) is 9.67. The number of carbonyl (C=O) groups excluding carboxylic acids is 1. The predicted molar refractivity (Wildman–Crippen MR) is 59.2 cm³/mol. The summed E-state index contributed by atoms with van der Waals surface area (Å²) in [4.78, 5) is 11.1. The molecule has 0 bridgehead atoms. The van der Waals surface area contributed by atoms with E-state index in [0.717, 1.165) is 0 Å². The molecule has 0 atom stereocenters. The average molecular weight is 253 g/mol. The lowest BCUT2D eigenvalue weighted by Crippen LogP contribution is -2.20. The Morgan fingerprint density at radius 3 is 2.36 bits per heavy atom. The summed E-state index contributed by atoms with van der Waals surface area (Å²) in [5, 5.41) is 3.73. The zero-order valence-electron chi connectivity index (χ0n) is 7.40. The predicted octanol–water partition coefficient (Wildman–Crippen LogP) is 2.94. The quantitative estimate of drug-likeness (QED) is 0.806. The highest BCUT2D eigenvalue weighted by atomic mass is 35.5. The molecular weight excluding hydrogens is 244 g/mol. The first kappa shape index (κ1) is 11.6. The van der Waals surface area contributed by atoms with Gasteiger partial charge in [0.25, 0.3) is 0 Å². The van der Waals surface area contributed by atoms with E-state index in [4.69, 9.17) is 34.8 Å². The van der Waals surface area contributed by atoms with Crippen LogP contribution in [-0.2, 0) is 11.2 Å². The maximum atomic E-state index is 11.1. The van der Waals surface area contributed by atoms with Crippen molar-refractivity contribution in [1.82, 2.24) is 5.32 Å². The summed E-state index contributed by atoms with van der Waals surface area (Å²) >= 11 is 17.4. The molecule has 1 N–H and O–H groups in total. The van der Waals surface area contributed by atoms with E-state index in [9.17, 15) is 4.79 Å². The van der Waals surface area contributed by atoms with Crippen LogP contribution in [0, 0.1) is 0 Å². The third kappa shape index (κ3) is 2.77. The maximum Gasteiger partial charge on any atom is 0.224 e. The first-order chi connectivity index (χ1) is 6.54. The Bertz CT molecular complexity index is 365. The molecule has 1 aromatic carbocycles. The van der Waals surface area contributed by atoms with E-state index in [2.05, 4.69) is 5.32 Å². The first-order valence-corrected chi connectivity index (χ1v) is 5.02. The minimum atomic E-state index is -0.120. The standard InChI is InChI=1S/C9H8Cl3NO/c1-13-9(14)3-5-2-7(11)8(12)4-6(5)10/h2,4H,3H2,1H3,(H,13,14). The van der Waals surface area contributed by atoms with Crippen molar-refractivity contribution in [1.29, 1.82) is 0 Å². The molecular formula is C9H8Cl3NO. The van der Waals surface area contributed by atoms with Crippen LogP contribution in [0.4, 0.5) is 0 Å². The molecule has 1 aromatic rings. The van der Waals surface area contributed by atoms with E-state index >= 15 is 0 Å². The van der Waals surface area contributed by atoms with E-state index in [1.165, 1.54) is 6.07 Å².